The molecule has 0 atom stereocenters. The van der Waals surface area contributed by atoms with Gasteiger partial charge in [0, 0.05) is 43.3 Å². The van der Waals surface area contributed by atoms with E-state index in [2.05, 4.69) is 35.1 Å². The second-order valence-corrected chi connectivity index (χ2v) is 9.74. The molecule has 0 unspecified atom stereocenters. The number of aromatic hydroxyl groups is 1. The van der Waals surface area contributed by atoms with Crippen LogP contribution in [0.5, 0.6) is 11.5 Å². The summed E-state index contributed by atoms with van der Waals surface area (Å²) in [5, 5.41) is 15.8. The number of alkyl halides is 3. The predicted molar refractivity (Wildman–Crippen MR) is 180 cm³/mol. The summed E-state index contributed by atoms with van der Waals surface area (Å²) in [6.45, 7) is 3.60. The van der Waals surface area contributed by atoms with E-state index < -0.39 is 23.8 Å². The van der Waals surface area contributed by atoms with E-state index in [9.17, 15) is 23.1 Å². The molecule has 45 heavy (non-hydrogen) atoms. The van der Waals surface area contributed by atoms with Crippen molar-refractivity contribution in [2.24, 2.45) is 0 Å². The normalized spacial score (nSPS) is 14.2. The van der Waals surface area contributed by atoms with Gasteiger partial charge in [-0.15, -0.1) is 25.6 Å². The third kappa shape index (κ3) is 11.1. The molecule has 2 aliphatic rings. The maximum Gasteiger partial charge on any atom is 0.573 e. The molecular weight excluding hydrogens is 619 g/mol. The summed E-state index contributed by atoms with van der Waals surface area (Å²) in [4.78, 5) is 31.2. The summed E-state index contributed by atoms with van der Waals surface area (Å²) in [7, 11) is 0. The second-order valence-electron chi connectivity index (χ2n) is 9.74. The van der Waals surface area contributed by atoms with Gasteiger partial charge >= 0.3 is 6.36 Å². The fourth-order valence-electron chi connectivity index (χ4n) is 4.74. The zero-order valence-corrected chi connectivity index (χ0v) is 25.8. The summed E-state index contributed by atoms with van der Waals surface area (Å²) in [5.41, 5.74) is 0.683. The van der Waals surface area contributed by atoms with Crippen LogP contribution >= 0.6 is 12.4 Å². The fraction of sp³-hybridized carbons (Fsp3) is 0.407. The molecule has 0 radical (unpaired) electrons. The average molecular weight is 670 g/mol. The van der Waals surface area contributed by atoms with Crippen molar-refractivity contribution in [2.45, 2.75) is 44.9 Å². The van der Waals surface area contributed by atoms with E-state index in [4.69, 9.17) is 4.98 Å². The number of halogens is 4. The zero-order valence-electron chi connectivity index (χ0n) is 25.0. The van der Waals surface area contributed by atoms with Gasteiger partial charge in [0.25, 0.3) is 5.91 Å². The highest BCUT2D eigenvalue weighted by molar-refractivity contribution is 6.06. The first-order valence-electron chi connectivity index (χ1n) is 13.3. The molecule has 15 N–H and O–H groups in total. The Hall–Kier alpha value is -4.16. The van der Waals surface area contributed by atoms with Crippen LogP contribution in [0.4, 0.5) is 42.4 Å². The van der Waals surface area contributed by atoms with Crippen molar-refractivity contribution in [3.63, 3.8) is 0 Å². The number of nitrogens with one attached hydrogen (secondary N) is 2. The van der Waals surface area contributed by atoms with E-state index in [0.717, 1.165) is 70.1 Å². The smallest absolute Gasteiger partial charge is 0.507 e. The van der Waals surface area contributed by atoms with E-state index in [0.29, 0.717) is 29.2 Å². The minimum absolute atomic E-state index is 0. The first kappa shape index (κ1) is 40.8. The van der Waals surface area contributed by atoms with E-state index in [1.54, 1.807) is 24.3 Å². The summed E-state index contributed by atoms with van der Waals surface area (Å²) >= 11 is 0. The predicted octanol–water partition coefficient (Wildman–Crippen LogP) is 7.51. The first-order valence-corrected chi connectivity index (χ1v) is 13.3. The Balaban J connectivity index is -0.000000717. The molecule has 0 spiro atoms. The van der Waals surface area contributed by atoms with Crippen molar-refractivity contribution in [2.75, 3.05) is 46.6 Å². The number of anilines is 5. The topological polar surface area (TPSA) is 256 Å². The highest BCUT2D eigenvalue weighted by Crippen LogP contribution is 2.29. The number of amides is 1. The molecule has 0 aliphatic carbocycles. The summed E-state index contributed by atoms with van der Waals surface area (Å²) in [6, 6.07) is 9.38. The van der Waals surface area contributed by atoms with Crippen LogP contribution in [0.1, 0.15) is 54.6 Å². The molecule has 2 aliphatic heterocycles. The van der Waals surface area contributed by atoms with Gasteiger partial charge in [-0.2, -0.15) is 15.0 Å². The Morgan fingerprint density at radius 1 is 0.778 bits per heavy atom. The standard InChI is InChI=1S/C27H30F3N7O3.ClH.4H3N.4H2/c28-27(29,30)40-20-11-12-22(38)21(17-20)23(39)31-18-7-9-19(10-8-18)32-24-33-25(36-13-3-1-4-14-36)35-26(34-24)37-15-5-2-6-16-37;;;;;;;;;/h7-12,17,38H,1-6,13-16H2,(H,31,39)(H,32,33,34,35);1H;4*1H3;4*1H. The van der Waals surface area contributed by atoms with Crippen LogP contribution in [0.2, 0.25) is 0 Å². The van der Waals surface area contributed by atoms with Gasteiger partial charge in [0.05, 0.1) is 5.56 Å². The van der Waals surface area contributed by atoms with Gasteiger partial charge in [0.2, 0.25) is 17.8 Å². The van der Waals surface area contributed by atoms with E-state index in [-0.39, 0.29) is 48.3 Å². The second kappa shape index (κ2) is 18.0. The first-order chi connectivity index (χ1) is 19.2. The largest absolute Gasteiger partial charge is 0.573 e. The van der Waals surface area contributed by atoms with Gasteiger partial charge in [-0.25, -0.2) is 0 Å². The summed E-state index contributed by atoms with van der Waals surface area (Å²) < 4.78 is 41.5. The third-order valence-corrected chi connectivity index (χ3v) is 6.73. The van der Waals surface area contributed by atoms with Crippen LogP contribution in [0.15, 0.2) is 42.5 Å². The molecule has 2 fully saturated rings. The van der Waals surface area contributed by atoms with Crippen LogP contribution < -0.4 is 49.8 Å². The molecule has 14 nitrogen and oxygen atoms in total. The van der Waals surface area contributed by atoms with E-state index in [1.165, 1.54) is 12.8 Å². The fourth-order valence-corrected chi connectivity index (χ4v) is 4.74. The summed E-state index contributed by atoms with van der Waals surface area (Å²) in [6.07, 6.45) is 1.85. The van der Waals surface area contributed by atoms with Crippen molar-refractivity contribution in [3.8, 4) is 11.5 Å². The van der Waals surface area contributed by atoms with Gasteiger partial charge in [0.1, 0.15) is 11.5 Å². The minimum Gasteiger partial charge on any atom is -0.507 e. The highest BCUT2D eigenvalue weighted by atomic mass is 35.5. The third-order valence-electron chi connectivity index (χ3n) is 6.73. The number of rotatable bonds is 7. The number of phenolic OH excluding ortho intramolecular Hbond substituents is 1. The molecule has 18 heteroatoms. The molecule has 1 aromatic heterocycles. The number of benzene rings is 2. The maximum absolute atomic E-state index is 12.6. The van der Waals surface area contributed by atoms with Crippen LogP contribution in [-0.2, 0) is 0 Å². The SMILES string of the molecule is Cl.N.N.N.N.O=C(Nc1ccc(Nc2nc(N3CCCCC3)nc(N3CCCCC3)n2)cc1)c1cc(OC(F)(F)F)ccc1O.[HH].[HH].[HH].[HH]. The van der Waals surface area contributed by atoms with Crippen LogP contribution in [0.25, 0.3) is 0 Å². The molecular formula is C27H51ClF3N11O3. The van der Waals surface area contributed by atoms with Crippen molar-refractivity contribution in [1.29, 1.82) is 0 Å². The monoisotopic (exact) mass is 669 g/mol. The number of piperidine rings is 2. The highest BCUT2D eigenvalue weighted by Gasteiger charge is 2.31. The molecule has 0 bridgehead atoms. The number of hydrogen-bond acceptors (Lipinski definition) is 13. The average Bonchev–Trinajstić information content (AvgIpc) is 2.95. The van der Waals surface area contributed by atoms with Gasteiger partial charge in [0.15, 0.2) is 0 Å². The number of ether oxygens (including phenoxy) is 1. The Morgan fingerprint density at radius 3 is 1.76 bits per heavy atom. The molecule has 3 aromatic rings. The lowest BCUT2D eigenvalue weighted by Crippen LogP contribution is -2.34. The Bertz CT molecular complexity index is 1330. The van der Waals surface area contributed by atoms with Gasteiger partial charge in [-0.05, 0) is 81.0 Å². The van der Waals surface area contributed by atoms with Crippen molar-refractivity contribution >= 4 is 47.5 Å². The Morgan fingerprint density at radius 2 is 1.27 bits per heavy atom. The lowest BCUT2D eigenvalue weighted by atomic mass is 10.1. The van der Waals surface area contributed by atoms with Gasteiger partial charge in [-0.1, -0.05) is 0 Å². The lowest BCUT2D eigenvalue weighted by Gasteiger charge is -2.30. The molecule has 3 heterocycles. The van der Waals surface area contributed by atoms with Crippen molar-refractivity contribution in [3.05, 3.63) is 48.0 Å². The molecule has 2 aromatic carbocycles. The van der Waals surface area contributed by atoms with Gasteiger partial charge < -0.3 is 54.9 Å². The summed E-state index contributed by atoms with van der Waals surface area (Å²) in [5.74, 6) is -0.161. The van der Waals surface area contributed by atoms with Crippen LogP contribution in [-0.4, -0.2) is 58.5 Å². The number of hydrogen-bond donors (Lipinski definition) is 7. The molecule has 1 amide bonds. The molecule has 260 valence electrons. The number of phenols is 1. The molecule has 0 saturated carbocycles. The number of carbonyl (C=O) groups is 1. The zero-order chi connectivity index (χ0) is 28.1. The molecule has 2 saturated heterocycles. The van der Waals surface area contributed by atoms with E-state index in [1.807, 2.05) is 0 Å². The van der Waals surface area contributed by atoms with E-state index >= 15 is 0 Å². The number of aromatic nitrogens is 3. The number of nitrogens with zero attached hydrogens (tertiary/aromatic N) is 5. The maximum atomic E-state index is 12.6. The quantitative estimate of drug-likeness (QED) is 0.129. The molecule has 5 rings (SSSR count). The van der Waals surface area contributed by atoms with Crippen LogP contribution in [0.3, 0.4) is 0 Å². The Labute approximate surface area is 271 Å². The number of carbonyl (C=O) groups excluding carboxylic acids is 1. The lowest BCUT2D eigenvalue weighted by molar-refractivity contribution is -0.274. The minimum atomic E-state index is -4.92. The van der Waals surface area contributed by atoms with Crippen molar-refractivity contribution in [1.82, 2.24) is 39.6 Å². The Kier molecular flexibility index (Phi) is 16.3. The van der Waals surface area contributed by atoms with Gasteiger partial charge in [-0.3, -0.25) is 4.79 Å². The van der Waals surface area contributed by atoms with Crippen molar-refractivity contribution < 1.29 is 33.5 Å². The van der Waals surface area contributed by atoms with Crippen LogP contribution in [0, 0.1) is 0 Å².